The van der Waals surface area contributed by atoms with Crippen LogP contribution in [0.3, 0.4) is 0 Å². The van der Waals surface area contributed by atoms with E-state index in [1.807, 2.05) is 6.92 Å². The van der Waals surface area contributed by atoms with Crippen molar-refractivity contribution < 1.29 is 9.47 Å². The highest BCUT2D eigenvalue weighted by atomic mass is 16.5. The molecule has 0 bridgehead atoms. The van der Waals surface area contributed by atoms with E-state index in [9.17, 15) is 0 Å². The second-order valence-corrected chi connectivity index (χ2v) is 4.75. The minimum absolute atomic E-state index is 0.121. The molecule has 0 heterocycles. The van der Waals surface area contributed by atoms with Gasteiger partial charge in [-0.2, -0.15) is 5.26 Å². The lowest BCUT2D eigenvalue weighted by atomic mass is 10.1. The van der Waals surface area contributed by atoms with Crippen LogP contribution in [-0.4, -0.2) is 13.2 Å². The Morgan fingerprint density at radius 3 is 2.68 bits per heavy atom. The zero-order valence-corrected chi connectivity index (χ0v) is 12.1. The number of hydrogen-bond acceptors (Lipinski definition) is 3. The van der Waals surface area contributed by atoms with Crippen LogP contribution in [0.2, 0.25) is 0 Å². The molecule has 0 aliphatic heterocycles. The Kier molecular flexibility index (Phi) is 6.81. The smallest absolute Gasteiger partial charge is 0.141 e. The zero-order chi connectivity index (χ0) is 14.1. The summed E-state index contributed by atoms with van der Waals surface area (Å²) in [6.45, 7) is 4.25. The molecule has 104 valence electrons. The summed E-state index contributed by atoms with van der Waals surface area (Å²) in [5.41, 5.74) is 0.557. The molecule has 0 spiro atoms. The summed E-state index contributed by atoms with van der Waals surface area (Å²) in [6, 6.07) is 7.44. The van der Waals surface area contributed by atoms with Gasteiger partial charge in [-0.25, -0.2) is 0 Å². The van der Waals surface area contributed by atoms with E-state index in [0.29, 0.717) is 17.1 Å². The van der Waals surface area contributed by atoms with Crippen molar-refractivity contribution in [2.24, 2.45) is 0 Å². The van der Waals surface area contributed by atoms with Gasteiger partial charge in [-0.05, 0) is 31.9 Å². The lowest BCUT2D eigenvalue weighted by Crippen LogP contribution is -2.12. The fraction of sp³-hybridized carbons (Fsp3) is 0.562. The van der Waals surface area contributed by atoms with Gasteiger partial charge >= 0.3 is 0 Å². The normalized spacial score (nSPS) is 11.7. The molecule has 1 unspecified atom stereocenters. The van der Waals surface area contributed by atoms with Crippen molar-refractivity contribution in [2.75, 3.05) is 7.11 Å². The molecule has 1 aromatic rings. The molecule has 3 heteroatoms. The van der Waals surface area contributed by atoms with Crippen LogP contribution in [0, 0.1) is 11.3 Å². The van der Waals surface area contributed by atoms with E-state index in [-0.39, 0.29) is 6.10 Å². The Morgan fingerprint density at radius 1 is 1.26 bits per heavy atom. The Balaban J connectivity index is 2.57. The van der Waals surface area contributed by atoms with Crippen LogP contribution in [-0.2, 0) is 0 Å². The maximum absolute atomic E-state index is 9.07. The first-order valence-electron chi connectivity index (χ1n) is 6.96. The molecule has 0 aliphatic rings. The van der Waals surface area contributed by atoms with Gasteiger partial charge in [0.1, 0.15) is 17.6 Å². The number of methoxy groups -OCH3 is 1. The number of benzene rings is 1. The van der Waals surface area contributed by atoms with E-state index in [1.165, 1.54) is 25.7 Å². The SMILES string of the molecule is CCCCCCC(C)Oc1cc(OC)ccc1C#N. The van der Waals surface area contributed by atoms with Crippen LogP contribution in [0.4, 0.5) is 0 Å². The van der Waals surface area contributed by atoms with Crippen molar-refractivity contribution in [3.8, 4) is 17.6 Å². The maximum Gasteiger partial charge on any atom is 0.141 e. The van der Waals surface area contributed by atoms with Crippen LogP contribution in [0.25, 0.3) is 0 Å². The van der Waals surface area contributed by atoms with Crippen LogP contribution >= 0.6 is 0 Å². The summed E-state index contributed by atoms with van der Waals surface area (Å²) < 4.78 is 11.0. The standard InChI is InChI=1S/C16H23NO2/c1-4-5-6-7-8-13(2)19-16-11-15(18-3)10-9-14(16)12-17/h9-11,13H,4-8H2,1-3H3. The third-order valence-electron chi connectivity index (χ3n) is 3.10. The molecule has 1 atom stereocenters. The van der Waals surface area contributed by atoms with E-state index >= 15 is 0 Å². The number of nitriles is 1. The first-order valence-corrected chi connectivity index (χ1v) is 6.96. The number of unbranched alkanes of at least 4 members (excludes halogenated alkanes) is 3. The Labute approximate surface area is 116 Å². The van der Waals surface area contributed by atoms with E-state index in [0.717, 1.165) is 6.42 Å². The van der Waals surface area contributed by atoms with Crippen molar-refractivity contribution in [3.05, 3.63) is 23.8 Å². The molecule has 0 saturated heterocycles. The summed E-state index contributed by atoms with van der Waals surface area (Å²) in [5, 5.41) is 9.07. The number of ether oxygens (including phenoxy) is 2. The minimum atomic E-state index is 0.121. The van der Waals surface area contributed by atoms with E-state index < -0.39 is 0 Å². The Bertz CT molecular complexity index is 423. The van der Waals surface area contributed by atoms with Gasteiger partial charge in [0.05, 0.1) is 18.8 Å². The average Bonchev–Trinajstić information content (AvgIpc) is 2.43. The molecule has 0 aliphatic carbocycles. The van der Waals surface area contributed by atoms with Crippen LogP contribution in [0.15, 0.2) is 18.2 Å². The fourth-order valence-electron chi connectivity index (χ4n) is 1.95. The molecule has 0 aromatic heterocycles. The first kappa shape index (κ1) is 15.4. The zero-order valence-electron chi connectivity index (χ0n) is 12.1. The van der Waals surface area contributed by atoms with Gasteiger partial charge in [-0.1, -0.05) is 26.2 Å². The molecule has 19 heavy (non-hydrogen) atoms. The van der Waals surface area contributed by atoms with E-state index in [1.54, 1.807) is 25.3 Å². The lowest BCUT2D eigenvalue weighted by Gasteiger charge is -2.16. The predicted octanol–water partition coefficient (Wildman–Crippen LogP) is 4.30. The fourth-order valence-corrected chi connectivity index (χ4v) is 1.95. The van der Waals surface area contributed by atoms with Gasteiger partial charge < -0.3 is 9.47 Å². The van der Waals surface area contributed by atoms with Gasteiger partial charge in [0.25, 0.3) is 0 Å². The van der Waals surface area contributed by atoms with Gasteiger partial charge in [0.15, 0.2) is 0 Å². The van der Waals surface area contributed by atoms with E-state index in [2.05, 4.69) is 13.0 Å². The second kappa shape index (κ2) is 8.42. The highest BCUT2D eigenvalue weighted by molar-refractivity contribution is 5.47. The monoisotopic (exact) mass is 261 g/mol. The molecule has 3 nitrogen and oxygen atoms in total. The number of hydrogen-bond donors (Lipinski definition) is 0. The molecular formula is C16H23NO2. The molecule has 0 radical (unpaired) electrons. The van der Waals surface area contributed by atoms with Crippen molar-refractivity contribution >= 4 is 0 Å². The molecule has 0 amide bonds. The molecule has 1 rings (SSSR count). The maximum atomic E-state index is 9.07. The van der Waals surface area contributed by atoms with Crippen molar-refractivity contribution in [1.29, 1.82) is 5.26 Å². The van der Waals surface area contributed by atoms with Gasteiger partial charge in [-0.15, -0.1) is 0 Å². The summed E-state index contributed by atoms with van der Waals surface area (Å²) in [7, 11) is 1.61. The Hall–Kier alpha value is -1.69. The lowest BCUT2D eigenvalue weighted by molar-refractivity contribution is 0.205. The highest BCUT2D eigenvalue weighted by Crippen LogP contribution is 2.26. The van der Waals surface area contributed by atoms with Gasteiger partial charge in [0.2, 0.25) is 0 Å². The van der Waals surface area contributed by atoms with Crippen molar-refractivity contribution in [2.45, 2.75) is 52.1 Å². The van der Waals surface area contributed by atoms with Gasteiger partial charge in [0, 0.05) is 6.07 Å². The summed E-state index contributed by atoms with van der Waals surface area (Å²) in [6.07, 6.45) is 6.06. The predicted molar refractivity (Wildman–Crippen MR) is 76.6 cm³/mol. The third kappa shape index (κ3) is 5.21. The first-order chi connectivity index (χ1) is 9.21. The quantitative estimate of drug-likeness (QED) is 0.655. The number of rotatable bonds is 8. The molecule has 0 fully saturated rings. The van der Waals surface area contributed by atoms with Crippen LogP contribution in [0.1, 0.15) is 51.5 Å². The molecule has 1 aromatic carbocycles. The second-order valence-electron chi connectivity index (χ2n) is 4.75. The van der Waals surface area contributed by atoms with Gasteiger partial charge in [-0.3, -0.25) is 0 Å². The molecule has 0 N–H and O–H groups in total. The number of nitrogens with zero attached hydrogens (tertiary/aromatic N) is 1. The summed E-state index contributed by atoms with van der Waals surface area (Å²) in [4.78, 5) is 0. The average molecular weight is 261 g/mol. The van der Waals surface area contributed by atoms with Crippen molar-refractivity contribution in [1.82, 2.24) is 0 Å². The van der Waals surface area contributed by atoms with E-state index in [4.69, 9.17) is 14.7 Å². The summed E-state index contributed by atoms with van der Waals surface area (Å²) >= 11 is 0. The highest BCUT2D eigenvalue weighted by Gasteiger charge is 2.09. The third-order valence-corrected chi connectivity index (χ3v) is 3.10. The largest absolute Gasteiger partial charge is 0.497 e. The minimum Gasteiger partial charge on any atom is -0.497 e. The van der Waals surface area contributed by atoms with Crippen LogP contribution in [0.5, 0.6) is 11.5 Å². The molecule has 0 saturated carbocycles. The van der Waals surface area contributed by atoms with Crippen molar-refractivity contribution in [3.63, 3.8) is 0 Å². The summed E-state index contributed by atoms with van der Waals surface area (Å²) in [5.74, 6) is 1.33. The molecular weight excluding hydrogens is 238 g/mol. The van der Waals surface area contributed by atoms with Crippen LogP contribution < -0.4 is 9.47 Å². The topological polar surface area (TPSA) is 42.2 Å². The Morgan fingerprint density at radius 2 is 2.05 bits per heavy atom.